The number of rotatable bonds is 4. The molecule has 0 heterocycles. The first-order valence-corrected chi connectivity index (χ1v) is 6.94. The summed E-state index contributed by atoms with van der Waals surface area (Å²) in [4.78, 5) is 0. The average molecular weight is 359 g/mol. The zero-order valence-corrected chi connectivity index (χ0v) is 12.5. The maximum absolute atomic E-state index is 13.5. The number of nitrogens with zero attached hydrogens (tertiary/aromatic N) is 1. The van der Waals surface area contributed by atoms with Gasteiger partial charge in [-0.1, -0.05) is 42.5 Å². The van der Waals surface area contributed by atoms with Crippen LogP contribution in [0.5, 0.6) is 0 Å². The van der Waals surface area contributed by atoms with Crippen LogP contribution < -0.4 is 0 Å². The van der Waals surface area contributed by atoms with Crippen molar-refractivity contribution < 1.29 is 31.1 Å². The molecule has 0 amide bonds. The Balaban J connectivity index is 2.50. The van der Waals surface area contributed by atoms with Gasteiger partial charge in [0.15, 0.2) is 0 Å². The van der Waals surface area contributed by atoms with Crippen molar-refractivity contribution in [3.8, 4) is 6.07 Å². The molecule has 0 unspecified atom stereocenters. The van der Waals surface area contributed by atoms with Gasteiger partial charge in [0.1, 0.15) is 0 Å². The second-order valence-electron chi connectivity index (χ2n) is 5.14. The van der Waals surface area contributed by atoms with Gasteiger partial charge in [0.2, 0.25) is 0 Å². The lowest BCUT2D eigenvalue weighted by molar-refractivity contribution is -0.392. The maximum atomic E-state index is 13.5. The van der Waals surface area contributed by atoms with Crippen molar-refractivity contribution in [2.75, 3.05) is 0 Å². The van der Waals surface area contributed by atoms with Crippen LogP contribution in [-0.2, 0) is 16.9 Å². The lowest BCUT2D eigenvalue weighted by Gasteiger charge is -2.37. The molecule has 0 N–H and O–H groups in total. The van der Waals surface area contributed by atoms with Gasteiger partial charge in [-0.3, -0.25) is 0 Å². The monoisotopic (exact) mass is 359 g/mol. The van der Waals surface area contributed by atoms with Crippen LogP contribution in [0, 0.1) is 11.3 Å². The molecule has 8 heteroatoms. The molecule has 0 aliphatic heterocycles. The van der Waals surface area contributed by atoms with Crippen LogP contribution in [0.3, 0.4) is 0 Å². The van der Waals surface area contributed by atoms with E-state index in [0.29, 0.717) is 12.1 Å². The fourth-order valence-electron chi connectivity index (χ4n) is 2.33. The van der Waals surface area contributed by atoms with Crippen LogP contribution in [0.2, 0.25) is 0 Å². The topological polar surface area (TPSA) is 33.0 Å². The van der Waals surface area contributed by atoms with Crippen LogP contribution in [0.25, 0.3) is 0 Å². The van der Waals surface area contributed by atoms with E-state index in [-0.39, 0.29) is 11.1 Å². The van der Waals surface area contributed by atoms with E-state index in [2.05, 4.69) is 4.74 Å². The molecule has 2 rings (SSSR count). The SMILES string of the molecule is N#Cc1cccc(COC(c2ccccc2)(C(F)(F)F)C(F)(F)F)c1. The molecule has 0 aliphatic carbocycles. The van der Waals surface area contributed by atoms with Crippen LogP contribution in [0.1, 0.15) is 16.7 Å². The third-order valence-electron chi connectivity index (χ3n) is 3.49. The Bertz CT molecular complexity index is 747. The zero-order chi connectivity index (χ0) is 18.7. The van der Waals surface area contributed by atoms with Crippen LogP contribution in [0.4, 0.5) is 26.3 Å². The van der Waals surface area contributed by atoms with Gasteiger partial charge in [0.25, 0.3) is 5.60 Å². The summed E-state index contributed by atoms with van der Waals surface area (Å²) in [5, 5.41) is 8.78. The normalized spacial score (nSPS) is 12.7. The van der Waals surface area contributed by atoms with E-state index in [1.54, 1.807) is 6.07 Å². The first-order chi connectivity index (χ1) is 11.6. The summed E-state index contributed by atoms with van der Waals surface area (Å²) in [5.74, 6) is 0. The van der Waals surface area contributed by atoms with Crippen molar-refractivity contribution in [3.63, 3.8) is 0 Å². The van der Waals surface area contributed by atoms with Crippen LogP contribution in [-0.4, -0.2) is 12.4 Å². The molecular weight excluding hydrogens is 348 g/mol. The van der Waals surface area contributed by atoms with Crippen molar-refractivity contribution in [2.24, 2.45) is 0 Å². The fraction of sp³-hybridized carbons (Fsp3) is 0.235. The highest BCUT2D eigenvalue weighted by molar-refractivity contribution is 5.33. The first-order valence-electron chi connectivity index (χ1n) is 6.94. The summed E-state index contributed by atoms with van der Waals surface area (Å²) in [6.07, 6.45) is -11.5. The number of halogens is 6. The third-order valence-corrected chi connectivity index (χ3v) is 3.49. The van der Waals surface area contributed by atoms with Crippen LogP contribution >= 0.6 is 0 Å². The minimum Gasteiger partial charge on any atom is -0.349 e. The van der Waals surface area contributed by atoms with Gasteiger partial charge in [0.05, 0.1) is 18.2 Å². The van der Waals surface area contributed by atoms with Crippen molar-refractivity contribution in [1.29, 1.82) is 5.26 Å². The summed E-state index contributed by atoms with van der Waals surface area (Å²) in [6.45, 7) is -0.969. The molecule has 0 atom stereocenters. The molecule has 0 bridgehead atoms. The number of alkyl halides is 6. The largest absolute Gasteiger partial charge is 0.430 e. The van der Waals surface area contributed by atoms with Crippen LogP contribution in [0.15, 0.2) is 54.6 Å². The Kier molecular flexibility index (Phi) is 5.09. The lowest BCUT2D eigenvalue weighted by atomic mass is 9.91. The Morgan fingerprint density at radius 1 is 0.840 bits per heavy atom. The molecule has 2 aromatic carbocycles. The Labute approximate surface area is 139 Å². The number of nitriles is 1. The van der Waals surface area contributed by atoms with Gasteiger partial charge in [-0.25, -0.2) is 0 Å². The second-order valence-corrected chi connectivity index (χ2v) is 5.14. The molecule has 0 spiro atoms. The van der Waals surface area contributed by atoms with E-state index in [4.69, 9.17) is 5.26 Å². The molecule has 0 radical (unpaired) electrons. The molecule has 2 nitrogen and oxygen atoms in total. The predicted molar refractivity (Wildman–Crippen MR) is 76.2 cm³/mol. The van der Waals surface area contributed by atoms with Gasteiger partial charge in [-0.15, -0.1) is 0 Å². The highest BCUT2D eigenvalue weighted by Crippen LogP contribution is 2.53. The summed E-state index contributed by atoms with van der Waals surface area (Å²) < 4.78 is 85.5. The molecule has 0 aromatic heterocycles. The lowest BCUT2D eigenvalue weighted by Crippen LogP contribution is -2.55. The molecule has 2 aromatic rings. The van der Waals surface area contributed by atoms with E-state index < -0.39 is 30.1 Å². The van der Waals surface area contributed by atoms with Crippen molar-refractivity contribution in [2.45, 2.75) is 24.6 Å². The van der Waals surface area contributed by atoms with Crippen molar-refractivity contribution in [3.05, 3.63) is 71.3 Å². The van der Waals surface area contributed by atoms with E-state index in [0.717, 1.165) is 12.1 Å². The Morgan fingerprint density at radius 3 is 1.96 bits per heavy atom. The van der Waals surface area contributed by atoms with Crippen molar-refractivity contribution in [1.82, 2.24) is 0 Å². The number of ether oxygens (including phenoxy) is 1. The molecule has 25 heavy (non-hydrogen) atoms. The van der Waals surface area contributed by atoms with E-state index in [9.17, 15) is 26.3 Å². The fourth-order valence-corrected chi connectivity index (χ4v) is 2.33. The molecule has 0 aliphatic rings. The molecule has 0 saturated heterocycles. The summed E-state index contributed by atoms with van der Waals surface area (Å²) >= 11 is 0. The predicted octanol–water partition coefficient (Wildman–Crippen LogP) is 5.09. The standard InChI is InChI=1S/C17H11F6NO/c18-16(19,20)15(17(21,22)23,14-7-2-1-3-8-14)25-11-13-6-4-5-12(9-13)10-24/h1-9H,11H2. The molecule has 0 fully saturated rings. The van der Waals surface area contributed by atoms with Gasteiger partial charge in [-0.05, 0) is 17.7 Å². The average Bonchev–Trinajstić information content (AvgIpc) is 2.54. The van der Waals surface area contributed by atoms with Gasteiger partial charge >= 0.3 is 12.4 Å². The molecule has 0 saturated carbocycles. The van der Waals surface area contributed by atoms with Gasteiger partial charge in [0, 0.05) is 5.56 Å². The number of hydrogen-bond acceptors (Lipinski definition) is 2. The number of hydrogen-bond donors (Lipinski definition) is 0. The quantitative estimate of drug-likeness (QED) is 0.712. The second kappa shape index (κ2) is 6.76. The minimum atomic E-state index is -5.74. The van der Waals surface area contributed by atoms with Gasteiger partial charge < -0.3 is 4.74 Å². The summed E-state index contributed by atoms with van der Waals surface area (Å²) in [6, 6.07) is 11.8. The molecule has 132 valence electrons. The highest BCUT2D eigenvalue weighted by Gasteiger charge is 2.73. The first kappa shape index (κ1) is 18.8. The minimum absolute atomic E-state index is 0.0212. The van der Waals surface area contributed by atoms with Gasteiger partial charge in [-0.2, -0.15) is 31.6 Å². The zero-order valence-electron chi connectivity index (χ0n) is 12.5. The smallest absolute Gasteiger partial charge is 0.349 e. The summed E-state index contributed by atoms with van der Waals surface area (Å²) in [7, 11) is 0. The highest BCUT2D eigenvalue weighted by atomic mass is 19.4. The number of benzene rings is 2. The summed E-state index contributed by atoms with van der Waals surface area (Å²) in [5.41, 5.74) is -5.41. The van der Waals surface area contributed by atoms with Crippen molar-refractivity contribution >= 4 is 0 Å². The Hall–Kier alpha value is -2.53. The van der Waals surface area contributed by atoms with E-state index in [1.165, 1.54) is 30.3 Å². The van der Waals surface area contributed by atoms with E-state index >= 15 is 0 Å². The maximum Gasteiger partial charge on any atom is 0.430 e. The van der Waals surface area contributed by atoms with E-state index in [1.807, 2.05) is 0 Å². The third kappa shape index (κ3) is 3.61. The molecular formula is C17H11F6NO. The Morgan fingerprint density at radius 2 is 1.44 bits per heavy atom.